The minimum Gasteiger partial charge on any atom is -0.494 e. The van der Waals surface area contributed by atoms with E-state index in [-0.39, 0.29) is 35.2 Å². The van der Waals surface area contributed by atoms with Crippen molar-refractivity contribution in [2.75, 3.05) is 33.3 Å². The lowest BCUT2D eigenvalue weighted by Gasteiger charge is -2.42. The van der Waals surface area contributed by atoms with E-state index in [0.29, 0.717) is 0 Å². The van der Waals surface area contributed by atoms with Crippen molar-refractivity contribution in [1.29, 1.82) is 0 Å². The number of benzene rings is 1. The molecule has 0 aromatic heterocycles. The summed E-state index contributed by atoms with van der Waals surface area (Å²) < 4.78 is 34.0. The molecule has 1 aromatic rings. The molecule has 0 radical (unpaired) electrons. The van der Waals surface area contributed by atoms with Crippen LogP contribution >= 0.6 is 12.4 Å². The number of hydrogen-bond donors (Lipinski definition) is 1. The fraction of sp³-hybridized carbons (Fsp3) is 0.625. The van der Waals surface area contributed by atoms with Crippen LogP contribution in [0.1, 0.15) is 32.4 Å². The van der Waals surface area contributed by atoms with Crippen LogP contribution in [-0.4, -0.2) is 38.2 Å². The van der Waals surface area contributed by atoms with Gasteiger partial charge < -0.3 is 10.1 Å². The normalized spacial score (nSPS) is 17.7. The number of nitrogens with one attached hydrogen (secondary N) is 1. The Kier molecular flexibility index (Phi) is 6.59. The Balaban J connectivity index is 0.00000242. The fourth-order valence-corrected chi connectivity index (χ4v) is 3.06. The number of nitrogens with zero attached hydrogens (tertiary/aromatic N) is 1. The first kappa shape index (κ1) is 19.1. The van der Waals surface area contributed by atoms with Crippen molar-refractivity contribution in [3.05, 3.63) is 29.3 Å². The van der Waals surface area contributed by atoms with Crippen molar-refractivity contribution in [1.82, 2.24) is 10.2 Å². The van der Waals surface area contributed by atoms with Gasteiger partial charge in [-0.3, -0.25) is 4.90 Å². The van der Waals surface area contributed by atoms with E-state index in [1.54, 1.807) is 0 Å². The van der Waals surface area contributed by atoms with E-state index >= 15 is 0 Å². The first-order valence-corrected chi connectivity index (χ1v) is 7.33. The third-order valence-corrected chi connectivity index (χ3v) is 3.92. The Labute approximate surface area is 137 Å². The highest BCUT2D eigenvalue weighted by Gasteiger charge is 2.37. The highest BCUT2D eigenvalue weighted by molar-refractivity contribution is 5.85. The van der Waals surface area contributed by atoms with Crippen LogP contribution in [0.25, 0.3) is 0 Å². The first-order chi connectivity index (χ1) is 9.86. The molecular formula is C16H25ClF2N2O. The van der Waals surface area contributed by atoms with E-state index in [2.05, 4.69) is 10.2 Å². The summed E-state index contributed by atoms with van der Waals surface area (Å²) >= 11 is 0. The molecule has 6 heteroatoms. The summed E-state index contributed by atoms with van der Waals surface area (Å²) in [5, 5.41) is 3.27. The smallest absolute Gasteiger partial charge is 0.172 e. The van der Waals surface area contributed by atoms with Crippen LogP contribution < -0.4 is 10.1 Å². The largest absolute Gasteiger partial charge is 0.494 e. The fourth-order valence-electron chi connectivity index (χ4n) is 3.06. The summed E-state index contributed by atoms with van der Waals surface area (Å²) in [4.78, 5) is 2.15. The molecule has 126 valence electrons. The molecule has 1 fully saturated rings. The Hall–Kier alpha value is -0.910. The molecule has 2 rings (SSSR count). The van der Waals surface area contributed by atoms with Gasteiger partial charge in [0.25, 0.3) is 0 Å². The van der Waals surface area contributed by atoms with Gasteiger partial charge in [0.1, 0.15) is 5.82 Å². The molecule has 0 spiro atoms. The Morgan fingerprint density at radius 3 is 2.27 bits per heavy atom. The number of hydrogen-bond acceptors (Lipinski definition) is 3. The molecule has 3 nitrogen and oxygen atoms in total. The zero-order valence-electron chi connectivity index (χ0n) is 13.6. The van der Waals surface area contributed by atoms with Gasteiger partial charge in [-0.2, -0.15) is 0 Å². The second kappa shape index (κ2) is 7.57. The molecule has 1 saturated heterocycles. The zero-order valence-corrected chi connectivity index (χ0v) is 14.4. The lowest BCUT2D eigenvalue weighted by atomic mass is 9.80. The van der Waals surface area contributed by atoms with Gasteiger partial charge >= 0.3 is 0 Å². The molecule has 0 aliphatic carbocycles. The maximum Gasteiger partial charge on any atom is 0.172 e. The van der Waals surface area contributed by atoms with Crippen LogP contribution in [-0.2, 0) is 0 Å². The van der Waals surface area contributed by atoms with Crippen LogP contribution in [0.4, 0.5) is 8.78 Å². The maximum atomic E-state index is 14.7. The molecule has 1 N–H and O–H groups in total. The third-order valence-electron chi connectivity index (χ3n) is 3.92. The maximum absolute atomic E-state index is 14.7. The highest BCUT2D eigenvalue weighted by Crippen LogP contribution is 2.42. The second-order valence-electron chi connectivity index (χ2n) is 6.53. The summed E-state index contributed by atoms with van der Waals surface area (Å²) in [7, 11) is 1.40. The van der Waals surface area contributed by atoms with E-state index in [0.717, 1.165) is 26.2 Å². The molecule has 1 heterocycles. The SMILES string of the molecule is COc1ccc(F)c([C@H](N2CCNCC2)C(C)(C)C)c1F.Cl. The molecule has 1 atom stereocenters. The summed E-state index contributed by atoms with van der Waals surface area (Å²) in [6.07, 6.45) is 0. The topological polar surface area (TPSA) is 24.5 Å². The molecule has 1 aromatic carbocycles. The van der Waals surface area contributed by atoms with Gasteiger partial charge in [0.2, 0.25) is 0 Å². The molecular weight excluding hydrogens is 310 g/mol. The van der Waals surface area contributed by atoms with Crippen LogP contribution in [0.2, 0.25) is 0 Å². The van der Waals surface area contributed by atoms with Gasteiger partial charge in [-0.15, -0.1) is 12.4 Å². The molecule has 0 unspecified atom stereocenters. The Morgan fingerprint density at radius 1 is 1.18 bits per heavy atom. The number of piperazine rings is 1. The molecule has 0 bridgehead atoms. The van der Waals surface area contributed by atoms with Crippen LogP contribution in [0.3, 0.4) is 0 Å². The summed E-state index contributed by atoms with van der Waals surface area (Å²) in [6.45, 7) is 9.25. The first-order valence-electron chi connectivity index (χ1n) is 7.33. The number of ether oxygens (including phenoxy) is 1. The lowest BCUT2D eigenvalue weighted by molar-refractivity contribution is 0.0800. The molecule has 1 aliphatic rings. The lowest BCUT2D eigenvalue weighted by Crippen LogP contribution is -2.48. The monoisotopic (exact) mass is 334 g/mol. The van der Waals surface area contributed by atoms with E-state index in [9.17, 15) is 8.78 Å². The highest BCUT2D eigenvalue weighted by atomic mass is 35.5. The van der Waals surface area contributed by atoms with E-state index in [1.807, 2.05) is 20.8 Å². The van der Waals surface area contributed by atoms with Gasteiger partial charge in [0, 0.05) is 37.8 Å². The molecule has 22 heavy (non-hydrogen) atoms. The van der Waals surface area contributed by atoms with Gasteiger partial charge in [-0.25, -0.2) is 8.78 Å². The van der Waals surface area contributed by atoms with E-state index in [1.165, 1.54) is 19.2 Å². The van der Waals surface area contributed by atoms with Crippen molar-refractivity contribution in [3.63, 3.8) is 0 Å². The molecule has 1 aliphatic heterocycles. The van der Waals surface area contributed by atoms with Gasteiger partial charge in [0.05, 0.1) is 7.11 Å². The minimum atomic E-state index is -0.587. The van der Waals surface area contributed by atoms with E-state index in [4.69, 9.17) is 4.74 Å². The van der Waals surface area contributed by atoms with Crippen molar-refractivity contribution >= 4 is 12.4 Å². The zero-order chi connectivity index (χ0) is 15.6. The third kappa shape index (κ3) is 3.89. The number of halogens is 3. The van der Waals surface area contributed by atoms with Crippen molar-refractivity contribution in [2.24, 2.45) is 5.41 Å². The van der Waals surface area contributed by atoms with Gasteiger partial charge in [0.15, 0.2) is 11.6 Å². The summed E-state index contributed by atoms with van der Waals surface area (Å²) in [6, 6.07) is 2.30. The average Bonchev–Trinajstić information content (AvgIpc) is 2.43. The summed E-state index contributed by atoms with van der Waals surface area (Å²) in [5.41, 5.74) is -0.172. The minimum absolute atomic E-state index is 0. The number of methoxy groups -OCH3 is 1. The predicted octanol–water partition coefficient (Wildman–Crippen LogP) is 3.39. The Bertz CT molecular complexity index is 500. The predicted molar refractivity (Wildman–Crippen MR) is 86.8 cm³/mol. The molecule has 0 amide bonds. The van der Waals surface area contributed by atoms with Crippen molar-refractivity contribution < 1.29 is 13.5 Å². The number of rotatable bonds is 3. The standard InChI is InChI=1S/C16H24F2N2O.ClH/c1-16(2,3)15(20-9-7-19-8-10-20)13-11(17)5-6-12(21-4)14(13)18;/h5-6,15,19H,7-10H2,1-4H3;1H/t15-;/m0./s1. The Morgan fingerprint density at radius 2 is 1.77 bits per heavy atom. The quantitative estimate of drug-likeness (QED) is 0.917. The van der Waals surface area contributed by atoms with Crippen molar-refractivity contribution in [2.45, 2.75) is 26.8 Å². The van der Waals surface area contributed by atoms with Crippen LogP contribution in [0.5, 0.6) is 5.75 Å². The van der Waals surface area contributed by atoms with E-state index < -0.39 is 11.6 Å². The van der Waals surface area contributed by atoms with Crippen molar-refractivity contribution in [3.8, 4) is 5.75 Å². The van der Waals surface area contributed by atoms with Crippen LogP contribution in [0.15, 0.2) is 12.1 Å². The van der Waals surface area contributed by atoms with Gasteiger partial charge in [-0.05, 0) is 17.5 Å². The van der Waals surface area contributed by atoms with Crippen LogP contribution in [0, 0.1) is 17.0 Å². The average molecular weight is 335 g/mol. The molecule has 0 saturated carbocycles. The second-order valence-corrected chi connectivity index (χ2v) is 6.53. The summed E-state index contributed by atoms with van der Waals surface area (Å²) in [5.74, 6) is -1.00. The van der Waals surface area contributed by atoms with Gasteiger partial charge in [-0.1, -0.05) is 20.8 Å².